The van der Waals surface area contributed by atoms with Crippen LogP contribution in [-0.2, 0) is 0 Å². The van der Waals surface area contributed by atoms with Crippen LogP contribution in [0.1, 0.15) is 0 Å². The van der Waals surface area contributed by atoms with Gasteiger partial charge in [-0.05, 0) is 24.3 Å². The molecular formula is C15H14N4O2. The number of urea groups is 1. The molecular weight excluding hydrogens is 268 g/mol. The molecule has 3 N–H and O–H groups in total. The first-order valence-electron chi connectivity index (χ1n) is 6.58. The largest absolute Gasteiger partial charge is 0.395 e. The molecule has 0 aliphatic carbocycles. The van der Waals surface area contributed by atoms with Crippen LogP contribution in [0.5, 0.6) is 0 Å². The van der Waals surface area contributed by atoms with E-state index in [-0.39, 0.29) is 19.2 Å². The fourth-order valence-electron chi connectivity index (χ4n) is 2.23. The zero-order valence-corrected chi connectivity index (χ0v) is 11.2. The molecule has 0 aliphatic rings. The van der Waals surface area contributed by atoms with Gasteiger partial charge >= 0.3 is 6.03 Å². The minimum absolute atomic E-state index is 0.103. The summed E-state index contributed by atoms with van der Waals surface area (Å²) < 4.78 is 0. The van der Waals surface area contributed by atoms with E-state index in [9.17, 15) is 4.79 Å². The number of hydrogen-bond donors (Lipinski definition) is 3. The van der Waals surface area contributed by atoms with Crippen LogP contribution < -0.4 is 10.6 Å². The van der Waals surface area contributed by atoms with Crippen LogP contribution in [0, 0.1) is 0 Å². The molecule has 0 saturated carbocycles. The summed E-state index contributed by atoms with van der Waals surface area (Å²) in [4.78, 5) is 20.5. The highest BCUT2D eigenvalue weighted by Crippen LogP contribution is 2.28. The van der Waals surface area contributed by atoms with Crippen LogP contribution in [0.25, 0.3) is 21.8 Å². The number of rotatable bonds is 3. The van der Waals surface area contributed by atoms with Crippen LogP contribution >= 0.6 is 0 Å². The van der Waals surface area contributed by atoms with E-state index in [0.29, 0.717) is 11.2 Å². The Balaban J connectivity index is 2.10. The van der Waals surface area contributed by atoms with Gasteiger partial charge in [0, 0.05) is 29.7 Å². The molecule has 21 heavy (non-hydrogen) atoms. The normalized spacial score (nSPS) is 10.7. The van der Waals surface area contributed by atoms with Gasteiger partial charge in [-0.3, -0.25) is 9.97 Å². The molecule has 106 valence electrons. The molecule has 0 atom stereocenters. The van der Waals surface area contributed by atoms with E-state index in [1.165, 1.54) is 0 Å². The molecule has 6 heteroatoms. The molecule has 2 amide bonds. The minimum Gasteiger partial charge on any atom is -0.395 e. The van der Waals surface area contributed by atoms with Gasteiger partial charge in [0.25, 0.3) is 0 Å². The van der Waals surface area contributed by atoms with Crippen molar-refractivity contribution < 1.29 is 9.90 Å². The number of amides is 2. The fourth-order valence-corrected chi connectivity index (χ4v) is 2.23. The fraction of sp³-hybridized carbons (Fsp3) is 0.133. The number of carbonyl (C=O) groups excluding carboxylic acids is 1. The lowest BCUT2D eigenvalue weighted by Crippen LogP contribution is -2.31. The molecule has 0 bridgehead atoms. The molecule has 2 aromatic heterocycles. The van der Waals surface area contributed by atoms with Crippen molar-refractivity contribution in [3.8, 4) is 0 Å². The number of aliphatic hydroxyl groups is 1. The van der Waals surface area contributed by atoms with Crippen LogP contribution in [0.4, 0.5) is 10.5 Å². The summed E-state index contributed by atoms with van der Waals surface area (Å²) in [5.41, 5.74) is 2.14. The predicted octanol–water partition coefficient (Wildman–Crippen LogP) is 1.90. The van der Waals surface area contributed by atoms with Gasteiger partial charge in [0.2, 0.25) is 0 Å². The zero-order chi connectivity index (χ0) is 14.7. The Morgan fingerprint density at radius 3 is 2.71 bits per heavy atom. The summed E-state index contributed by atoms with van der Waals surface area (Å²) in [5, 5.41) is 15.9. The molecule has 1 aromatic carbocycles. The zero-order valence-electron chi connectivity index (χ0n) is 11.2. The molecule has 0 saturated heterocycles. The number of pyridine rings is 2. The first kappa shape index (κ1) is 13.3. The minimum atomic E-state index is -0.376. The highest BCUT2D eigenvalue weighted by molar-refractivity contribution is 6.11. The Morgan fingerprint density at radius 1 is 1.14 bits per heavy atom. The van der Waals surface area contributed by atoms with Gasteiger partial charge in [-0.2, -0.15) is 0 Å². The molecule has 6 nitrogen and oxygen atoms in total. The highest BCUT2D eigenvalue weighted by atomic mass is 16.3. The predicted molar refractivity (Wildman–Crippen MR) is 81.2 cm³/mol. The van der Waals surface area contributed by atoms with Gasteiger partial charge in [-0.25, -0.2) is 4.79 Å². The summed E-state index contributed by atoms with van der Waals surface area (Å²) in [6.07, 6.45) is 3.41. The van der Waals surface area contributed by atoms with E-state index in [0.717, 1.165) is 16.3 Å². The Hall–Kier alpha value is -2.73. The topological polar surface area (TPSA) is 87.1 Å². The van der Waals surface area contributed by atoms with Gasteiger partial charge in [0.05, 0.1) is 23.3 Å². The molecule has 0 fully saturated rings. The number of hydrogen-bond acceptors (Lipinski definition) is 4. The average molecular weight is 282 g/mol. The SMILES string of the molecule is O=C(NCCO)Nc1cc2cccnc2c2cccnc12. The maximum absolute atomic E-state index is 11.8. The quantitative estimate of drug-likeness (QED) is 0.640. The lowest BCUT2D eigenvalue weighted by molar-refractivity contribution is 0.245. The molecule has 3 aromatic rings. The van der Waals surface area contributed by atoms with Crippen molar-refractivity contribution in [1.29, 1.82) is 0 Å². The number of carbonyl (C=O) groups is 1. The monoisotopic (exact) mass is 282 g/mol. The van der Waals surface area contributed by atoms with E-state index >= 15 is 0 Å². The van der Waals surface area contributed by atoms with E-state index < -0.39 is 0 Å². The second kappa shape index (κ2) is 5.72. The molecule has 0 unspecified atom stereocenters. The van der Waals surface area contributed by atoms with E-state index in [4.69, 9.17) is 5.11 Å². The Kier molecular flexibility index (Phi) is 3.61. The molecule has 2 heterocycles. The molecule has 3 rings (SSSR count). The van der Waals surface area contributed by atoms with Crippen LogP contribution in [0.3, 0.4) is 0 Å². The van der Waals surface area contributed by atoms with Gasteiger partial charge in [-0.1, -0.05) is 6.07 Å². The summed E-state index contributed by atoms with van der Waals surface area (Å²) in [7, 11) is 0. The van der Waals surface area contributed by atoms with Gasteiger partial charge < -0.3 is 15.7 Å². The van der Waals surface area contributed by atoms with Crippen molar-refractivity contribution in [3.63, 3.8) is 0 Å². The summed E-state index contributed by atoms with van der Waals surface area (Å²) in [6.45, 7) is 0.0976. The number of anilines is 1. The van der Waals surface area contributed by atoms with Crippen molar-refractivity contribution in [2.45, 2.75) is 0 Å². The first-order valence-corrected chi connectivity index (χ1v) is 6.58. The summed E-state index contributed by atoms with van der Waals surface area (Å²) in [5.74, 6) is 0. The van der Waals surface area contributed by atoms with Gasteiger partial charge in [-0.15, -0.1) is 0 Å². The molecule has 0 spiro atoms. The lowest BCUT2D eigenvalue weighted by atomic mass is 10.1. The number of fused-ring (bicyclic) bond motifs is 3. The molecule has 0 radical (unpaired) electrons. The maximum atomic E-state index is 11.8. The molecule has 0 aliphatic heterocycles. The Bertz CT molecular complexity index is 804. The van der Waals surface area contributed by atoms with Crippen molar-refractivity contribution in [1.82, 2.24) is 15.3 Å². The summed E-state index contributed by atoms with van der Waals surface area (Å²) in [6, 6.07) is 9.02. The van der Waals surface area contributed by atoms with Crippen molar-refractivity contribution in [3.05, 3.63) is 42.7 Å². The highest BCUT2D eigenvalue weighted by Gasteiger charge is 2.10. The Labute approximate surface area is 120 Å². The van der Waals surface area contributed by atoms with Crippen LogP contribution in [0.2, 0.25) is 0 Å². The number of nitrogens with zero attached hydrogens (tertiary/aromatic N) is 2. The first-order chi connectivity index (χ1) is 10.3. The lowest BCUT2D eigenvalue weighted by Gasteiger charge is -2.11. The standard InChI is InChI=1S/C15H14N4O2/c20-8-7-18-15(21)19-12-9-10-3-1-5-16-13(10)11-4-2-6-17-14(11)12/h1-6,9,20H,7-8H2,(H2,18,19,21). The summed E-state index contributed by atoms with van der Waals surface area (Å²) >= 11 is 0. The second-order valence-corrected chi connectivity index (χ2v) is 4.50. The average Bonchev–Trinajstić information content (AvgIpc) is 2.53. The van der Waals surface area contributed by atoms with Crippen molar-refractivity contribution in [2.75, 3.05) is 18.5 Å². The maximum Gasteiger partial charge on any atom is 0.319 e. The third-order valence-corrected chi connectivity index (χ3v) is 3.10. The number of aliphatic hydroxyl groups excluding tert-OH is 1. The van der Waals surface area contributed by atoms with Crippen LogP contribution in [-0.4, -0.2) is 34.3 Å². The van der Waals surface area contributed by atoms with Crippen LogP contribution in [0.15, 0.2) is 42.7 Å². The number of benzene rings is 1. The number of nitrogens with one attached hydrogen (secondary N) is 2. The van der Waals surface area contributed by atoms with Gasteiger partial charge in [0.1, 0.15) is 0 Å². The van der Waals surface area contributed by atoms with Crippen molar-refractivity contribution >= 4 is 33.5 Å². The third-order valence-electron chi connectivity index (χ3n) is 3.10. The smallest absolute Gasteiger partial charge is 0.319 e. The number of aromatic nitrogens is 2. The Morgan fingerprint density at radius 2 is 1.90 bits per heavy atom. The van der Waals surface area contributed by atoms with Gasteiger partial charge in [0.15, 0.2) is 0 Å². The second-order valence-electron chi connectivity index (χ2n) is 4.50. The third kappa shape index (κ3) is 2.61. The van der Waals surface area contributed by atoms with E-state index in [1.54, 1.807) is 12.4 Å². The van der Waals surface area contributed by atoms with Crippen molar-refractivity contribution in [2.24, 2.45) is 0 Å². The van der Waals surface area contributed by atoms with E-state index in [2.05, 4.69) is 20.6 Å². The van der Waals surface area contributed by atoms with E-state index in [1.807, 2.05) is 30.3 Å².